The molecule has 0 N–H and O–H groups in total. The quantitative estimate of drug-likeness (QED) is 0.331. The Hall–Kier alpha value is -3.81. The SMILES string of the molecule is Cn1c(/C=C/c2ccc(C#Cc3ccc[cH-]3)cc2)nc(C#N)c1C#N.[CH]1[CH][CH-]C=C1.[Fe+2]. The fourth-order valence-corrected chi connectivity index (χ4v) is 2.64. The molecule has 0 aliphatic heterocycles. The molecule has 1 aliphatic rings. The molecule has 0 spiro atoms. The smallest absolute Gasteiger partial charge is 0.318 e. The molecule has 0 saturated carbocycles. The van der Waals surface area contributed by atoms with Crippen LogP contribution in [0, 0.1) is 53.8 Å². The van der Waals surface area contributed by atoms with E-state index in [1.807, 2.05) is 98.2 Å². The van der Waals surface area contributed by atoms with Gasteiger partial charge in [0.2, 0.25) is 0 Å². The second kappa shape index (κ2) is 12.0. The van der Waals surface area contributed by atoms with Crippen molar-refractivity contribution in [3.05, 3.63) is 114 Å². The van der Waals surface area contributed by atoms with Crippen molar-refractivity contribution in [2.24, 2.45) is 7.05 Å². The molecule has 5 heteroatoms. The van der Waals surface area contributed by atoms with Crippen LogP contribution in [0.4, 0.5) is 0 Å². The van der Waals surface area contributed by atoms with Crippen LogP contribution in [0.3, 0.4) is 0 Å². The number of nitrogens with zero attached hydrogens (tertiary/aromatic N) is 4. The average Bonchev–Trinajstić information content (AvgIpc) is 3.55. The van der Waals surface area contributed by atoms with Crippen LogP contribution in [0.2, 0.25) is 0 Å². The van der Waals surface area contributed by atoms with E-state index in [4.69, 9.17) is 10.5 Å². The van der Waals surface area contributed by atoms with E-state index in [-0.39, 0.29) is 28.5 Å². The number of rotatable bonds is 2. The number of hydrogen-bond donors (Lipinski definition) is 0. The van der Waals surface area contributed by atoms with Crippen LogP contribution in [0.5, 0.6) is 0 Å². The van der Waals surface area contributed by atoms with Gasteiger partial charge in [0.25, 0.3) is 0 Å². The fourth-order valence-electron chi connectivity index (χ4n) is 2.64. The number of allylic oxidation sites excluding steroid dienone is 2. The van der Waals surface area contributed by atoms with Gasteiger partial charge in [-0.3, -0.25) is 0 Å². The van der Waals surface area contributed by atoms with Crippen molar-refractivity contribution >= 4 is 12.2 Å². The van der Waals surface area contributed by atoms with Crippen LogP contribution in [-0.2, 0) is 24.1 Å². The molecule has 0 unspecified atom stereocenters. The Morgan fingerprint density at radius 2 is 1.84 bits per heavy atom. The number of aromatic nitrogens is 2. The van der Waals surface area contributed by atoms with Crippen LogP contribution in [-0.4, -0.2) is 9.55 Å². The van der Waals surface area contributed by atoms with Crippen molar-refractivity contribution in [3.8, 4) is 24.0 Å². The molecule has 4 nitrogen and oxygen atoms in total. The minimum Gasteiger partial charge on any atom is -0.318 e. The van der Waals surface area contributed by atoms with E-state index in [1.54, 1.807) is 17.7 Å². The Bertz CT molecular complexity index is 1180. The summed E-state index contributed by atoms with van der Waals surface area (Å²) in [7, 11) is 1.72. The molecule has 4 rings (SSSR count). The predicted octanol–water partition coefficient (Wildman–Crippen LogP) is 4.62. The first-order valence-electron chi connectivity index (χ1n) is 9.26. The Kier molecular flexibility index (Phi) is 9.10. The first kappa shape index (κ1) is 23.5. The van der Waals surface area contributed by atoms with Gasteiger partial charge in [-0.2, -0.15) is 34.6 Å². The Balaban J connectivity index is 0.000000501. The summed E-state index contributed by atoms with van der Waals surface area (Å²) in [5, 5.41) is 18.1. The van der Waals surface area contributed by atoms with Gasteiger partial charge in [-0.25, -0.2) is 23.6 Å². The molecule has 0 saturated heterocycles. The first-order valence-corrected chi connectivity index (χ1v) is 9.26. The van der Waals surface area contributed by atoms with Gasteiger partial charge in [0.1, 0.15) is 18.0 Å². The van der Waals surface area contributed by atoms with Crippen LogP contribution in [0.25, 0.3) is 12.2 Å². The van der Waals surface area contributed by atoms with Gasteiger partial charge < -0.3 is 4.57 Å². The summed E-state index contributed by atoms with van der Waals surface area (Å²) in [4.78, 5) is 4.16. The van der Waals surface area contributed by atoms with Gasteiger partial charge in [-0.1, -0.05) is 18.2 Å². The minimum absolute atomic E-state index is 0. The first-order chi connectivity index (χ1) is 14.7. The van der Waals surface area contributed by atoms with E-state index in [0.717, 1.165) is 16.7 Å². The predicted molar refractivity (Wildman–Crippen MR) is 118 cm³/mol. The van der Waals surface area contributed by atoms with Gasteiger partial charge in [0, 0.05) is 12.6 Å². The van der Waals surface area contributed by atoms with Crippen molar-refractivity contribution in [1.29, 1.82) is 10.5 Å². The number of nitriles is 2. The maximum absolute atomic E-state index is 9.08. The number of imidazole rings is 1. The standard InChI is InChI=1S/C21H13N4.C5H5.Fe/c1-25-20(15-23)19(14-22)24-21(25)13-12-18-10-8-17(9-11-18)7-6-16-4-2-3-5-16;1-2-4-5-3-1;/h2-5,8-13H,1H3;1-5H;/q2*-1;+2/b13-12+;;. The van der Waals surface area contributed by atoms with E-state index in [9.17, 15) is 0 Å². The summed E-state index contributed by atoms with van der Waals surface area (Å²) < 4.78 is 1.61. The van der Waals surface area contributed by atoms with Crippen molar-refractivity contribution in [1.82, 2.24) is 9.55 Å². The van der Waals surface area contributed by atoms with Gasteiger partial charge >= 0.3 is 17.1 Å². The second-order valence-electron chi connectivity index (χ2n) is 6.29. The van der Waals surface area contributed by atoms with Crippen molar-refractivity contribution in [2.45, 2.75) is 0 Å². The van der Waals surface area contributed by atoms with Crippen LogP contribution in [0.15, 0.2) is 60.7 Å². The topological polar surface area (TPSA) is 65.4 Å². The summed E-state index contributed by atoms with van der Waals surface area (Å²) in [5.74, 6) is 6.79. The number of benzene rings is 1. The van der Waals surface area contributed by atoms with Crippen molar-refractivity contribution < 1.29 is 17.1 Å². The van der Waals surface area contributed by atoms with Crippen LogP contribution >= 0.6 is 0 Å². The molecular formula is C26H18FeN4. The third kappa shape index (κ3) is 6.60. The van der Waals surface area contributed by atoms with E-state index in [1.165, 1.54) is 0 Å². The summed E-state index contributed by atoms with van der Waals surface area (Å²) >= 11 is 0. The normalized spacial score (nSPS) is 11.2. The summed E-state index contributed by atoms with van der Waals surface area (Å²) in [5.41, 5.74) is 3.33. The molecule has 0 atom stereocenters. The van der Waals surface area contributed by atoms with E-state index < -0.39 is 0 Å². The van der Waals surface area contributed by atoms with E-state index >= 15 is 0 Å². The summed E-state index contributed by atoms with van der Waals surface area (Å²) in [6.45, 7) is 0. The van der Waals surface area contributed by atoms with Crippen molar-refractivity contribution in [2.75, 3.05) is 0 Å². The molecule has 2 radical (unpaired) electrons. The molecule has 150 valence electrons. The molecule has 31 heavy (non-hydrogen) atoms. The third-order valence-electron chi connectivity index (χ3n) is 4.25. The van der Waals surface area contributed by atoms with Gasteiger partial charge in [0.15, 0.2) is 11.4 Å². The molecule has 0 fully saturated rings. The van der Waals surface area contributed by atoms with Crippen LogP contribution in [0.1, 0.15) is 33.9 Å². The van der Waals surface area contributed by atoms with E-state index in [2.05, 4.69) is 16.8 Å². The second-order valence-corrected chi connectivity index (χ2v) is 6.29. The molecule has 2 aromatic carbocycles. The summed E-state index contributed by atoms with van der Waals surface area (Å²) in [6, 6.07) is 19.6. The maximum Gasteiger partial charge on any atom is 2.00 e. The molecule has 0 bridgehead atoms. The molecule has 1 aliphatic carbocycles. The molecule has 3 aromatic rings. The molecule has 1 aromatic heterocycles. The molecular weight excluding hydrogens is 424 g/mol. The summed E-state index contributed by atoms with van der Waals surface area (Å²) in [6.07, 6.45) is 13.7. The minimum atomic E-state index is 0. The molecule has 1 heterocycles. The van der Waals surface area contributed by atoms with Crippen molar-refractivity contribution in [3.63, 3.8) is 0 Å². The zero-order valence-electron chi connectivity index (χ0n) is 16.8. The van der Waals surface area contributed by atoms with Gasteiger partial charge in [-0.15, -0.1) is 30.4 Å². The van der Waals surface area contributed by atoms with Gasteiger partial charge in [0.05, 0.1) is 0 Å². The Morgan fingerprint density at radius 1 is 1.03 bits per heavy atom. The zero-order chi connectivity index (χ0) is 21.2. The number of hydrogen-bond acceptors (Lipinski definition) is 3. The van der Waals surface area contributed by atoms with Crippen LogP contribution < -0.4 is 0 Å². The monoisotopic (exact) mass is 442 g/mol. The average molecular weight is 442 g/mol. The Morgan fingerprint density at radius 3 is 2.35 bits per heavy atom. The largest absolute Gasteiger partial charge is 2.00 e. The van der Waals surface area contributed by atoms with E-state index in [0.29, 0.717) is 5.82 Å². The zero-order valence-corrected chi connectivity index (χ0v) is 17.9. The fraction of sp³-hybridized carbons (Fsp3) is 0.0385. The molecule has 0 amide bonds. The third-order valence-corrected chi connectivity index (χ3v) is 4.25. The van der Waals surface area contributed by atoms with Gasteiger partial charge in [-0.05, 0) is 23.8 Å². The maximum atomic E-state index is 9.08. The Labute approximate surface area is 194 Å².